The van der Waals surface area contributed by atoms with Gasteiger partial charge in [0, 0.05) is 22.6 Å². The average Bonchev–Trinajstić information content (AvgIpc) is 3.28. The monoisotopic (exact) mass is 407 g/mol. The van der Waals surface area contributed by atoms with Gasteiger partial charge < -0.3 is 10.1 Å². The fourth-order valence-corrected chi connectivity index (χ4v) is 3.65. The smallest absolute Gasteiger partial charge is 0.255 e. The lowest BCUT2D eigenvalue weighted by Gasteiger charge is -2.12. The highest BCUT2D eigenvalue weighted by Crippen LogP contribution is 2.36. The van der Waals surface area contributed by atoms with Crippen LogP contribution in [0.3, 0.4) is 0 Å². The molecule has 8 heteroatoms. The number of fused-ring (bicyclic) bond motifs is 1. The summed E-state index contributed by atoms with van der Waals surface area (Å²) < 4.78 is 19.4. The van der Waals surface area contributed by atoms with Crippen LogP contribution in [0, 0.1) is 5.82 Å². The molecule has 3 aromatic rings. The fraction of sp³-hybridized carbons (Fsp3) is 0.125. The minimum absolute atomic E-state index is 0.258. The Morgan fingerprint density at radius 2 is 2.38 bits per heavy atom. The highest BCUT2D eigenvalue weighted by atomic mass is 79.9. The third-order valence-electron chi connectivity index (χ3n) is 3.83. The number of carbonyl (C=O) groups is 1. The van der Waals surface area contributed by atoms with Crippen molar-refractivity contribution in [2.75, 3.05) is 6.61 Å². The van der Waals surface area contributed by atoms with E-state index in [1.165, 1.54) is 12.3 Å². The van der Waals surface area contributed by atoms with Crippen LogP contribution in [0.15, 0.2) is 39.6 Å². The van der Waals surface area contributed by atoms with Crippen LogP contribution in [0.1, 0.15) is 22.0 Å². The van der Waals surface area contributed by atoms with E-state index in [0.717, 1.165) is 11.1 Å². The van der Waals surface area contributed by atoms with E-state index in [-0.39, 0.29) is 18.6 Å². The number of hydrogen-bond acceptors (Lipinski definition) is 4. The predicted molar refractivity (Wildman–Crippen MR) is 91.7 cm³/mol. The Kier molecular flexibility index (Phi) is 3.85. The van der Waals surface area contributed by atoms with Crippen molar-refractivity contribution >= 4 is 33.2 Å². The molecule has 0 spiro atoms. The number of nitrogens with zero attached hydrogens (tertiary/aromatic N) is 1. The van der Waals surface area contributed by atoms with Crippen LogP contribution in [0.2, 0.25) is 0 Å². The van der Waals surface area contributed by atoms with Crippen LogP contribution in [-0.4, -0.2) is 22.7 Å². The zero-order chi connectivity index (χ0) is 16.7. The molecule has 0 aliphatic carbocycles. The summed E-state index contributed by atoms with van der Waals surface area (Å²) in [5, 5.41) is 13.6. The normalized spacial score (nSPS) is 15.8. The second-order valence-corrected chi connectivity index (χ2v) is 6.95. The van der Waals surface area contributed by atoms with E-state index < -0.39 is 5.82 Å². The van der Waals surface area contributed by atoms with E-state index in [4.69, 9.17) is 4.74 Å². The quantitative estimate of drug-likeness (QED) is 0.691. The Morgan fingerprint density at radius 1 is 1.50 bits per heavy atom. The minimum atomic E-state index is -0.393. The van der Waals surface area contributed by atoms with Crippen LogP contribution in [-0.2, 0) is 0 Å². The molecule has 1 unspecified atom stereocenters. The molecule has 5 nitrogen and oxygen atoms in total. The predicted octanol–water partition coefficient (Wildman–Crippen LogP) is 3.90. The van der Waals surface area contributed by atoms with E-state index in [9.17, 15) is 9.18 Å². The highest BCUT2D eigenvalue weighted by Gasteiger charge is 2.28. The lowest BCUT2D eigenvalue weighted by Crippen LogP contribution is -2.29. The number of H-pyrrole nitrogens is 1. The maximum atomic E-state index is 13.6. The molecule has 1 atom stereocenters. The summed E-state index contributed by atoms with van der Waals surface area (Å²) in [5.41, 5.74) is 2.80. The van der Waals surface area contributed by atoms with Crippen LogP contribution in [0.4, 0.5) is 4.39 Å². The lowest BCUT2D eigenvalue weighted by atomic mass is 10.1. The zero-order valence-electron chi connectivity index (χ0n) is 12.2. The standard InChI is InChI=1S/C16H11BrFN3O2S/c17-11-3-9-13(6-23-14(9)4-12(11)18)20-16(22)10-5-19-21-15(10)8-1-2-24-7-8/h1-5,7,13H,6H2,(H,19,21)(H,20,22). The van der Waals surface area contributed by atoms with Gasteiger partial charge in [0.15, 0.2) is 0 Å². The molecular formula is C16H11BrFN3O2S. The summed E-state index contributed by atoms with van der Waals surface area (Å²) in [7, 11) is 0. The molecule has 0 fully saturated rings. The first kappa shape index (κ1) is 15.3. The van der Waals surface area contributed by atoms with Gasteiger partial charge in [-0.2, -0.15) is 16.4 Å². The number of hydrogen-bond donors (Lipinski definition) is 2. The zero-order valence-corrected chi connectivity index (χ0v) is 14.6. The molecule has 0 saturated heterocycles. The van der Waals surface area contributed by atoms with Crippen molar-refractivity contribution in [3.05, 3.63) is 56.6 Å². The van der Waals surface area contributed by atoms with Crippen molar-refractivity contribution in [3.63, 3.8) is 0 Å². The summed E-state index contributed by atoms with van der Waals surface area (Å²) in [6.45, 7) is 0.266. The third kappa shape index (κ3) is 2.61. The first-order valence-electron chi connectivity index (χ1n) is 7.12. The molecule has 2 N–H and O–H groups in total. The molecule has 122 valence electrons. The molecule has 1 amide bonds. The highest BCUT2D eigenvalue weighted by molar-refractivity contribution is 9.10. The van der Waals surface area contributed by atoms with Gasteiger partial charge in [0.2, 0.25) is 0 Å². The van der Waals surface area contributed by atoms with Crippen molar-refractivity contribution in [3.8, 4) is 17.0 Å². The molecular weight excluding hydrogens is 397 g/mol. The van der Waals surface area contributed by atoms with Gasteiger partial charge in [0.25, 0.3) is 5.91 Å². The van der Waals surface area contributed by atoms with Crippen LogP contribution in [0.25, 0.3) is 11.3 Å². The molecule has 0 bridgehead atoms. The van der Waals surface area contributed by atoms with E-state index >= 15 is 0 Å². The Balaban J connectivity index is 1.59. The number of amides is 1. The molecule has 4 rings (SSSR count). The molecule has 24 heavy (non-hydrogen) atoms. The molecule has 1 aliphatic heterocycles. The van der Waals surface area contributed by atoms with Crippen molar-refractivity contribution in [1.82, 2.24) is 15.5 Å². The number of halogens is 2. The van der Waals surface area contributed by atoms with Gasteiger partial charge >= 0.3 is 0 Å². The van der Waals surface area contributed by atoms with E-state index in [1.54, 1.807) is 17.4 Å². The van der Waals surface area contributed by atoms with Crippen molar-refractivity contribution in [2.24, 2.45) is 0 Å². The first-order chi connectivity index (χ1) is 11.6. The van der Waals surface area contributed by atoms with Crippen LogP contribution < -0.4 is 10.1 Å². The Hall–Kier alpha value is -2.19. The molecule has 0 radical (unpaired) electrons. The second kappa shape index (κ2) is 6.03. The number of aromatic nitrogens is 2. The Bertz CT molecular complexity index is 910. The van der Waals surface area contributed by atoms with Crippen LogP contribution in [0.5, 0.6) is 5.75 Å². The van der Waals surface area contributed by atoms with Gasteiger partial charge in [-0.3, -0.25) is 9.89 Å². The SMILES string of the molecule is O=C(NC1COc2cc(F)c(Br)cc21)c1cn[nH]c1-c1ccsc1. The maximum absolute atomic E-state index is 13.6. The van der Waals surface area contributed by atoms with E-state index in [1.807, 2.05) is 16.8 Å². The van der Waals surface area contributed by atoms with Gasteiger partial charge in [-0.1, -0.05) is 0 Å². The largest absolute Gasteiger partial charge is 0.491 e. The number of thiophene rings is 1. The first-order valence-corrected chi connectivity index (χ1v) is 8.85. The fourth-order valence-electron chi connectivity index (χ4n) is 2.64. The molecule has 1 aliphatic rings. The summed E-state index contributed by atoms with van der Waals surface area (Å²) in [6, 6.07) is 4.54. The Labute approximate surface area is 149 Å². The van der Waals surface area contributed by atoms with Gasteiger partial charge in [-0.25, -0.2) is 4.39 Å². The third-order valence-corrected chi connectivity index (χ3v) is 5.12. The topological polar surface area (TPSA) is 67.0 Å². The summed E-state index contributed by atoms with van der Waals surface area (Å²) in [5.74, 6) is -0.201. The van der Waals surface area contributed by atoms with Crippen molar-refractivity contribution < 1.29 is 13.9 Å². The van der Waals surface area contributed by atoms with E-state index in [0.29, 0.717) is 21.5 Å². The maximum Gasteiger partial charge on any atom is 0.255 e. The second-order valence-electron chi connectivity index (χ2n) is 5.31. The van der Waals surface area contributed by atoms with Gasteiger partial charge in [0.1, 0.15) is 18.2 Å². The molecule has 0 saturated carbocycles. The summed E-state index contributed by atoms with van der Waals surface area (Å²) in [6.07, 6.45) is 1.50. The van der Waals surface area contributed by atoms with Crippen molar-refractivity contribution in [1.29, 1.82) is 0 Å². The van der Waals surface area contributed by atoms with Gasteiger partial charge in [-0.15, -0.1) is 0 Å². The number of ether oxygens (including phenoxy) is 1. The number of aromatic amines is 1. The summed E-state index contributed by atoms with van der Waals surface area (Å²) in [4.78, 5) is 12.6. The van der Waals surface area contributed by atoms with Gasteiger partial charge in [0.05, 0.1) is 28.0 Å². The number of benzene rings is 1. The lowest BCUT2D eigenvalue weighted by molar-refractivity contribution is 0.0931. The molecule has 1 aromatic carbocycles. The molecule has 2 aromatic heterocycles. The van der Waals surface area contributed by atoms with Crippen molar-refractivity contribution in [2.45, 2.75) is 6.04 Å². The van der Waals surface area contributed by atoms with Crippen LogP contribution >= 0.6 is 27.3 Å². The number of rotatable bonds is 3. The minimum Gasteiger partial charge on any atom is -0.491 e. The van der Waals surface area contributed by atoms with E-state index in [2.05, 4.69) is 31.4 Å². The number of nitrogens with one attached hydrogen (secondary N) is 2. The average molecular weight is 408 g/mol. The number of carbonyl (C=O) groups excluding carboxylic acids is 1. The molecule has 3 heterocycles. The Morgan fingerprint density at radius 3 is 3.17 bits per heavy atom. The summed E-state index contributed by atoms with van der Waals surface area (Å²) >= 11 is 4.71. The van der Waals surface area contributed by atoms with Gasteiger partial charge in [-0.05, 0) is 33.4 Å².